The van der Waals surface area contributed by atoms with Gasteiger partial charge in [0.2, 0.25) is 0 Å². The van der Waals surface area contributed by atoms with Crippen LogP contribution in [0.25, 0.3) is 11.0 Å². The SMILES string of the molecule is Cc1ccc(S(=O)(=O)Nc2ccc3c(c2)nc(C(C)C)n3C)cc1. The van der Waals surface area contributed by atoms with Gasteiger partial charge in [0, 0.05) is 13.0 Å². The molecular weight excluding hydrogens is 322 g/mol. The van der Waals surface area contributed by atoms with E-state index in [0.29, 0.717) is 11.6 Å². The number of anilines is 1. The van der Waals surface area contributed by atoms with Crippen molar-refractivity contribution in [3.63, 3.8) is 0 Å². The number of sulfonamides is 1. The predicted octanol–water partition coefficient (Wildman–Crippen LogP) is 3.81. The highest BCUT2D eigenvalue weighted by molar-refractivity contribution is 7.92. The van der Waals surface area contributed by atoms with E-state index in [4.69, 9.17) is 0 Å². The number of aryl methyl sites for hydroxylation is 2. The van der Waals surface area contributed by atoms with Gasteiger partial charge in [-0.05, 0) is 37.3 Å². The van der Waals surface area contributed by atoms with Crippen LogP contribution >= 0.6 is 0 Å². The average molecular weight is 343 g/mol. The Kier molecular flexibility index (Phi) is 4.09. The van der Waals surface area contributed by atoms with E-state index in [1.54, 1.807) is 36.4 Å². The predicted molar refractivity (Wildman–Crippen MR) is 96.8 cm³/mol. The highest BCUT2D eigenvalue weighted by atomic mass is 32.2. The summed E-state index contributed by atoms with van der Waals surface area (Å²) in [5.74, 6) is 1.28. The van der Waals surface area contributed by atoms with Gasteiger partial charge in [-0.3, -0.25) is 4.72 Å². The van der Waals surface area contributed by atoms with Crippen LogP contribution in [0.2, 0.25) is 0 Å². The second-order valence-electron chi connectivity index (χ2n) is 6.31. The van der Waals surface area contributed by atoms with Crippen LogP contribution in [0.15, 0.2) is 47.4 Å². The van der Waals surface area contributed by atoms with Gasteiger partial charge in [0.05, 0.1) is 21.6 Å². The van der Waals surface area contributed by atoms with Crippen molar-refractivity contribution in [2.45, 2.75) is 31.6 Å². The molecule has 0 saturated heterocycles. The van der Waals surface area contributed by atoms with E-state index < -0.39 is 10.0 Å². The van der Waals surface area contributed by atoms with Crippen molar-refractivity contribution in [2.24, 2.45) is 7.05 Å². The van der Waals surface area contributed by atoms with Gasteiger partial charge in [0.15, 0.2) is 0 Å². The molecule has 126 valence electrons. The van der Waals surface area contributed by atoms with Crippen LogP contribution in [0.1, 0.15) is 31.2 Å². The van der Waals surface area contributed by atoms with E-state index in [1.165, 1.54) is 0 Å². The first-order chi connectivity index (χ1) is 11.3. The minimum Gasteiger partial charge on any atom is -0.331 e. The van der Waals surface area contributed by atoms with Gasteiger partial charge >= 0.3 is 0 Å². The first-order valence-corrected chi connectivity index (χ1v) is 9.32. The molecule has 0 radical (unpaired) electrons. The number of rotatable bonds is 4. The van der Waals surface area contributed by atoms with Crippen LogP contribution in [-0.4, -0.2) is 18.0 Å². The lowest BCUT2D eigenvalue weighted by atomic mass is 10.2. The number of aromatic nitrogens is 2. The van der Waals surface area contributed by atoms with Gasteiger partial charge in [0.25, 0.3) is 10.0 Å². The van der Waals surface area contributed by atoms with Gasteiger partial charge < -0.3 is 4.57 Å². The summed E-state index contributed by atoms with van der Waals surface area (Å²) in [5, 5.41) is 0. The minimum absolute atomic E-state index is 0.247. The second-order valence-corrected chi connectivity index (χ2v) is 7.99. The van der Waals surface area contributed by atoms with E-state index in [2.05, 4.69) is 23.6 Å². The van der Waals surface area contributed by atoms with Crippen molar-refractivity contribution in [3.8, 4) is 0 Å². The van der Waals surface area contributed by atoms with Crippen molar-refractivity contribution in [1.82, 2.24) is 9.55 Å². The van der Waals surface area contributed by atoms with Crippen molar-refractivity contribution in [1.29, 1.82) is 0 Å². The molecule has 6 heteroatoms. The smallest absolute Gasteiger partial charge is 0.261 e. The number of hydrogen-bond acceptors (Lipinski definition) is 3. The van der Waals surface area contributed by atoms with E-state index in [0.717, 1.165) is 22.4 Å². The minimum atomic E-state index is -3.60. The maximum Gasteiger partial charge on any atom is 0.261 e. The molecule has 24 heavy (non-hydrogen) atoms. The molecule has 0 aliphatic rings. The van der Waals surface area contributed by atoms with Crippen LogP contribution in [0.3, 0.4) is 0 Å². The van der Waals surface area contributed by atoms with E-state index in [-0.39, 0.29) is 4.90 Å². The molecule has 3 rings (SSSR count). The molecule has 2 aromatic carbocycles. The third-order valence-electron chi connectivity index (χ3n) is 4.02. The van der Waals surface area contributed by atoms with Crippen LogP contribution < -0.4 is 4.72 Å². The summed E-state index contributed by atoms with van der Waals surface area (Å²) in [5.41, 5.74) is 3.30. The summed E-state index contributed by atoms with van der Waals surface area (Å²) < 4.78 is 29.7. The van der Waals surface area contributed by atoms with Crippen molar-refractivity contribution >= 4 is 26.7 Å². The zero-order chi connectivity index (χ0) is 17.5. The van der Waals surface area contributed by atoms with Gasteiger partial charge in [-0.25, -0.2) is 13.4 Å². The maximum absolute atomic E-state index is 12.5. The highest BCUT2D eigenvalue weighted by Gasteiger charge is 2.16. The zero-order valence-corrected chi connectivity index (χ0v) is 15.1. The fraction of sp³-hybridized carbons (Fsp3) is 0.278. The molecule has 1 aromatic heterocycles. The fourth-order valence-electron chi connectivity index (χ4n) is 2.73. The molecule has 0 bridgehead atoms. The molecule has 0 unspecified atom stereocenters. The number of fused-ring (bicyclic) bond motifs is 1. The lowest BCUT2D eigenvalue weighted by Gasteiger charge is -2.08. The molecule has 0 saturated carbocycles. The Hall–Kier alpha value is -2.34. The summed E-state index contributed by atoms with van der Waals surface area (Å²) in [6.45, 7) is 6.09. The van der Waals surface area contributed by atoms with E-state index in [9.17, 15) is 8.42 Å². The Morgan fingerprint density at radius 2 is 1.75 bits per heavy atom. The number of nitrogens with zero attached hydrogens (tertiary/aromatic N) is 2. The molecule has 0 aliphatic carbocycles. The molecule has 0 aliphatic heterocycles. The van der Waals surface area contributed by atoms with Gasteiger partial charge in [-0.2, -0.15) is 0 Å². The summed E-state index contributed by atoms with van der Waals surface area (Å²) in [6.07, 6.45) is 0. The Morgan fingerprint density at radius 3 is 2.38 bits per heavy atom. The van der Waals surface area contributed by atoms with Gasteiger partial charge in [-0.15, -0.1) is 0 Å². The van der Waals surface area contributed by atoms with Crippen molar-refractivity contribution < 1.29 is 8.42 Å². The molecule has 0 atom stereocenters. The lowest BCUT2D eigenvalue weighted by Crippen LogP contribution is -2.12. The number of hydrogen-bond donors (Lipinski definition) is 1. The Balaban J connectivity index is 1.96. The van der Waals surface area contributed by atoms with Crippen molar-refractivity contribution in [3.05, 3.63) is 53.9 Å². The first kappa shape index (κ1) is 16.5. The molecule has 0 fully saturated rings. The molecule has 3 aromatic rings. The number of benzene rings is 2. The largest absolute Gasteiger partial charge is 0.331 e. The van der Waals surface area contributed by atoms with Crippen molar-refractivity contribution in [2.75, 3.05) is 4.72 Å². The fourth-order valence-corrected chi connectivity index (χ4v) is 3.78. The molecule has 1 heterocycles. The Labute approximate surface area is 142 Å². The van der Waals surface area contributed by atoms with Crippen LogP contribution in [0, 0.1) is 6.92 Å². The quantitative estimate of drug-likeness (QED) is 0.783. The normalized spacial score (nSPS) is 12.0. The van der Waals surface area contributed by atoms with Crippen LogP contribution in [0.4, 0.5) is 5.69 Å². The summed E-state index contributed by atoms with van der Waals surface area (Å²) in [4.78, 5) is 4.86. The van der Waals surface area contributed by atoms with Gasteiger partial charge in [0.1, 0.15) is 5.82 Å². The second kappa shape index (κ2) is 5.94. The molecule has 0 spiro atoms. The zero-order valence-electron chi connectivity index (χ0n) is 14.2. The lowest BCUT2D eigenvalue weighted by molar-refractivity contribution is 0.601. The molecule has 5 nitrogen and oxygen atoms in total. The van der Waals surface area contributed by atoms with Crippen LogP contribution in [0.5, 0.6) is 0 Å². The van der Waals surface area contributed by atoms with E-state index in [1.807, 2.05) is 24.6 Å². The summed E-state index contributed by atoms with van der Waals surface area (Å²) in [7, 11) is -1.63. The van der Waals surface area contributed by atoms with Crippen LogP contribution in [-0.2, 0) is 17.1 Å². The number of imidazole rings is 1. The van der Waals surface area contributed by atoms with E-state index >= 15 is 0 Å². The Morgan fingerprint density at radius 1 is 1.08 bits per heavy atom. The monoisotopic (exact) mass is 343 g/mol. The number of nitrogens with one attached hydrogen (secondary N) is 1. The maximum atomic E-state index is 12.5. The average Bonchev–Trinajstić information content (AvgIpc) is 2.84. The third kappa shape index (κ3) is 3.01. The topological polar surface area (TPSA) is 64.0 Å². The first-order valence-electron chi connectivity index (χ1n) is 7.84. The molecular formula is C18H21N3O2S. The Bertz CT molecular complexity index is 987. The summed E-state index contributed by atoms with van der Waals surface area (Å²) in [6, 6.07) is 12.2. The molecule has 1 N–H and O–H groups in total. The summed E-state index contributed by atoms with van der Waals surface area (Å²) >= 11 is 0. The standard InChI is InChI=1S/C18H21N3O2S/c1-12(2)18-19-16-11-14(7-10-17(16)21(18)4)20-24(22,23)15-8-5-13(3)6-9-15/h5-12,20H,1-4H3. The molecule has 0 amide bonds. The highest BCUT2D eigenvalue weighted by Crippen LogP contribution is 2.24. The third-order valence-corrected chi connectivity index (χ3v) is 5.41. The van der Waals surface area contributed by atoms with Gasteiger partial charge in [-0.1, -0.05) is 31.5 Å².